The molecule has 6 heteroatoms. The third kappa shape index (κ3) is 3.21. The number of carboxylic acids is 1. The van der Waals surface area contributed by atoms with Crippen LogP contribution in [0.1, 0.15) is 29.6 Å². The Morgan fingerprint density at radius 3 is 2.79 bits per heavy atom. The maximum Gasteiger partial charge on any atom is 0.306 e. The van der Waals surface area contributed by atoms with Gasteiger partial charge >= 0.3 is 5.97 Å². The molecule has 2 rings (SSSR count). The predicted molar refractivity (Wildman–Crippen MR) is 67.9 cm³/mol. The Labute approximate surface area is 109 Å². The summed E-state index contributed by atoms with van der Waals surface area (Å²) in [4.78, 5) is 36.1. The lowest BCUT2D eigenvalue weighted by molar-refractivity contribution is -0.142. The summed E-state index contributed by atoms with van der Waals surface area (Å²) in [5.41, 5.74) is 0.0998. The highest BCUT2D eigenvalue weighted by atomic mass is 16.4. The molecular weight excluding hydrogens is 248 g/mol. The van der Waals surface area contributed by atoms with E-state index in [0.717, 1.165) is 12.8 Å². The number of amides is 1. The first-order chi connectivity index (χ1) is 9.08. The fourth-order valence-corrected chi connectivity index (χ4v) is 2.48. The van der Waals surface area contributed by atoms with Gasteiger partial charge in [-0.05, 0) is 24.8 Å². The van der Waals surface area contributed by atoms with E-state index in [0.29, 0.717) is 18.5 Å². The molecule has 1 fully saturated rings. The van der Waals surface area contributed by atoms with E-state index in [2.05, 4.69) is 10.3 Å². The Morgan fingerprint density at radius 1 is 1.37 bits per heavy atom. The first kappa shape index (κ1) is 13.3. The van der Waals surface area contributed by atoms with E-state index in [1.54, 1.807) is 0 Å². The summed E-state index contributed by atoms with van der Waals surface area (Å²) < 4.78 is 0. The quantitative estimate of drug-likeness (QED) is 0.741. The van der Waals surface area contributed by atoms with E-state index in [9.17, 15) is 14.4 Å². The van der Waals surface area contributed by atoms with Gasteiger partial charge in [-0.2, -0.15) is 0 Å². The van der Waals surface area contributed by atoms with Gasteiger partial charge in [0.15, 0.2) is 0 Å². The van der Waals surface area contributed by atoms with Crippen molar-refractivity contribution in [3.63, 3.8) is 0 Å². The molecule has 1 aliphatic rings. The summed E-state index contributed by atoms with van der Waals surface area (Å²) in [6, 6.07) is 2.72. The number of aromatic nitrogens is 1. The zero-order valence-corrected chi connectivity index (χ0v) is 10.4. The maximum absolute atomic E-state index is 11.8. The standard InChI is InChI=1S/C13H16N2O4/c16-11-5-4-9(7-14-11)12(17)15-6-8-2-1-3-10(8)13(18)19/h4-5,7-8,10H,1-3,6H2,(H,14,16)(H,15,17)(H,18,19). The summed E-state index contributed by atoms with van der Waals surface area (Å²) in [7, 11) is 0. The molecule has 102 valence electrons. The largest absolute Gasteiger partial charge is 0.481 e. The molecule has 1 aromatic heterocycles. The van der Waals surface area contributed by atoms with Crippen molar-refractivity contribution >= 4 is 11.9 Å². The summed E-state index contributed by atoms with van der Waals surface area (Å²) >= 11 is 0. The number of carboxylic acid groups (broad SMARTS) is 1. The Kier molecular flexibility index (Phi) is 3.99. The van der Waals surface area contributed by atoms with Crippen LogP contribution in [0.3, 0.4) is 0 Å². The molecule has 2 atom stereocenters. The van der Waals surface area contributed by atoms with Crippen LogP contribution in [0.25, 0.3) is 0 Å². The van der Waals surface area contributed by atoms with Gasteiger partial charge in [0.05, 0.1) is 11.5 Å². The number of carbonyl (C=O) groups is 2. The minimum absolute atomic E-state index is 0.00999. The van der Waals surface area contributed by atoms with Gasteiger partial charge in [0.1, 0.15) is 0 Å². The fourth-order valence-electron chi connectivity index (χ4n) is 2.48. The van der Waals surface area contributed by atoms with E-state index in [-0.39, 0.29) is 23.3 Å². The minimum Gasteiger partial charge on any atom is -0.481 e. The molecule has 0 spiro atoms. The SMILES string of the molecule is O=C(NCC1CCCC1C(=O)O)c1ccc(=O)[nH]c1. The average Bonchev–Trinajstić information content (AvgIpc) is 2.85. The molecule has 1 aliphatic carbocycles. The van der Waals surface area contributed by atoms with E-state index in [1.807, 2.05) is 0 Å². The molecule has 1 amide bonds. The van der Waals surface area contributed by atoms with Crippen molar-refractivity contribution in [2.45, 2.75) is 19.3 Å². The number of rotatable bonds is 4. The van der Waals surface area contributed by atoms with Gasteiger partial charge < -0.3 is 15.4 Å². The second kappa shape index (κ2) is 5.69. The average molecular weight is 264 g/mol. The van der Waals surface area contributed by atoms with Crippen LogP contribution in [0, 0.1) is 11.8 Å². The van der Waals surface area contributed by atoms with Gasteiger partial charge in [-0.15, -0.1) is 0 Å². The lowest BCUT2D eigenvalue weighted by Gasteiger charge is -2.16. The molecule has 0 saturated heterocycles. The van der Waals surface area contributed by atoms with Crippen LogP contribution in [0.2, 0.25) is 0 Å². The monoisotopic (exact) mass is 264 g/mol. The molecule has 0 bridgehead atoms. The highest BCUT2D eigenvalue weighted by Gasteiger charge is 2.32. The number of hydrogen-bond donors (Lipinski definition) is 3. The number of pyridine rings is 1. The summed E-state index contributed by atoms with van der Waals surface area (Å²) in [6.07, 6.45) is 3.73. The molecule has 3 N–H and O–H groups in total. The molecule has 1 aromatic rings. The van der Waals surface area contributed by atoms with Gasteiger partial charge in [-0.25, -0.2) is 0 Å². The smallest absolute Gasteiger partial charge is 0.306 e. The zero-order valence-electron chi connectivity index (χ0n) is 10.4. The van der Waals surface area contributed by atoms with Crippen LogP contribution in [0.5, 0.6) is 0 Å². The topological polar surface area (TPSA) is 99.3 Å². The lowest BCUT2D eigenvalue weighted by atomic mass is 9.96. The second-order valence-corrected chi connectivity index (χ2v) is 4.79. The molecule has 2 unspecified atom stereocenters. The van der Waals surface area contributed by atoms with Crippen LogP contribution < -0.4 is 10.9 Å². The number of H-pyrrole nitrogens is 1. The number of aliphatic carboxylic acids is 1. The van der Waals surface area contributed by atoms with Gasteiger partial charge in [0, 0.05) is 18.8 Å². The third-order valence-electron chi connectivity index (χ3n) is 3.55. The molecule has 0 aromatic carbocycles. The number of hydrogen-bond acceptors (Lipinski definition) is 3. The molecule has 0 radical (unpaired) electrons. The molecule has 19 heavy (non-hydrogen) atoms. The van der Waals surface area contributed by atoms with E-state index < -0.39 is 5.97 Å². The van der Waals surface area contributed by atoms with Crippen LogP contribution in [-0.2, 0) is 4.79 Å². The maximum atomic E-state index is 11.8. The van der Waals surface area contributed by atoms with Crippen molar-refractivity contribution in [2.24, 2.45) is 11.8 Å². The first-order valence-electron chi connectivity index (χ1n) is 6.27. The fraction of sp³-hybridized carbons (Fsp3) is 0.462. The van der Waals surface area contributed by atoms with Crippen LogP contribution in [0.4, 0.5) is 0 Å². The Morgan fingerprint density at radius 2 is 2.16 bits per heavy atom. The predicted octanol–water partition coefficient (Wildman–Crippen LogP) is 0.606. The first-order valence-corrected chi connectivity index (χ1v) is 6.27. The second-order valence-electron chi connectivity index (χ2n) is 4.79. The van der Waals surface area contributed by atoms with Crippen molar-refractivity contribution < 1.29 is 14.7 Å². The van der Waals surface area contributed by atoms with Crippen molar-refractivity contribution in [1.29, 1.82) is 0 Å². The minimum atomic E-state index is -0.791. The Bertz CT molecular complexity index is 517. The van der Waals surface area contributed by atoms with Crippen molar-refractivity contribution in [3.05, 3.63) is 34.2 Å². The van der Waals surface area contributed by atoms with Gasteiger partial charge in [0.25, 0.3) is 5.91 Å². The van der Waals surface area contributed by atoms with Gasteiger partial charge in [-0.3, -0.25) is 14.4 Å². The highest BCUT2D eigenvalue weighted by molar-refractivity contribution is 5.93. The van der Waals surface area contributed by atoms with Gasteiger partial charge in [0.2, 0.25) is 5.56 Å². The third-order valence-corrected chi connectivity index (χ3v) is 3.55. The summed E-state index contributed by atoms with van der Waals surface area (Å²) in [5.74, 6) is -1.46. The summed E-state index contributed by atoms with van der Waals surface area (Å²) in [6.45, 7) is 0.356. The van der Waals surface area contributed by atoms with E-state index in [1.165, 1.54) is 18.3 Å². The van der Waals surface area contributed by atoms with Crippen LogP contribution in [0.15, 0.2) is 23.1 Å². The Balaban J connectivity index is 1.91. The van der Waals surface area contributed by atoms with Crippen molar-refractivity contribution in [1.82, 2.24) is 10.3 Å². The van der Waals surface area contributed by atoms with E-state index >= 15 is 0 Å². The summed E-state index contributed by atoms with van der Waals surface area (Å²) in [5, 5.41) is 11.8. The van der Waals surface area contributed by atoms with Crippen molar-refractivity contribution in [2.75, 3.05) is 6.54 Å². The number of aromatic amines is 1. The normalized spacial score (nSPS) is 22.1. The van der Waals surface area contributed by atoms with Crippen LogP contribution in [-0.4, -0.2) is 28.5 Å². The number of carbonyl (C=O) groups excluding carboxylic acids is 1. The van der Waals surface area contributed by atoms with Crippen LogP contribution >= 0.6 is 0 Å². The van der Waals surface area contributed by atoms with Gasteiger partial charge in [-0.1, -0.05) is 6.42 Å². The molecule has 1 heterocycles. The van der Waals surface area contributed by atoms with E-state index in [4.69, 9.17) is 5.11 Å². The number of nitrogens with one attached hydrogen (secondary N) is 2. The molecular formula is C13H16N2O4. The zero-order chi connectivity index (χ0) is 13.8. The molecule has 0 aliphatic heterocycles. The molecule has 6 nitrogen and oxygen atoms in total. The lowest BCUT2D eigenvalue weighted by Crippen LogP contribution is -2.33. The van der Waals surface area contributed by atoms with Crippen molar-refractivity contribution in [3.8, 4) is 0 Å². The highest BCUT2D eigenvalue weighted by Crippen LogP contribution is 2.31. The Hall–Kier alpha value is -2.11. The molecule has 1 saturated carbocycles.